The number of H-pyrrole nitrogens is 1. The zero-order valence-corrected chi connectivity index (χ0v) is 11.5. The summed E-state index contributed by atoms with van der Waals surface area (Å²) in [6.45, 7) is 0. The number of hydrogen-bond donors (Lipinski definition) is 1. The van der Waals surface area contributed by atoms with E-state index in [4.69, 9.17) is 0 Å². The summed E-state index contributed by atoms with van der Waals surface area (Å²) in [7, 11) is 0. The normalized spacial score (nSPS) is 10.9. The predicted octanol–water partition coefficient (Wildman–Crippen LogP) is 4.90. The van der Waals surface area contributed by atoms with Crippen LogP contribution in [0.5, 0.6) is 0 Å². The molecule has 0 amide bonds. The highest BCUT2D eigenvalue weighted by Crippen LogP contribution is 2.29. The lowest BCUT2D eigenvalue weighted by molar-refractivity contribution is 1.10. The summed E-state index contributed by atoms with van der Waals surface area (Å²) in [4.78, 5) is 0. The van der Waals surface area contributed by atoms with Gasteiger partial charge in [0.2, 0.25) is 0 Å². The molecule has 1 N–H and O–H groups in total. The first-order chi connectivity index (χ1) is 10.4. The summed E-state index contributed by atoms with van der Waals surface area (Å²) in [6, 6.07) is 27.1. The van der Waals surface area contributed by atoms with E-state index in [2.05, 4.69) is 70.9 Å². The third-order valence-electron chi connectivity index (χ3n) is 3.73. The molecule has 4 aromatic rings. The van der Waals surface area contributed by atoms with Gasteiger partial charge in [0.1, 0.15) is 0 Å². The molecule has 0 spiro atoms. The summed E-state index contributed by atoms with van der Waals surface area (Å²) in [5.41, 5.74) is 4.33. The molecule has 0 saturated carbocycles. The van der Waals surface area contributed by atoms with Crippen molar-refractivity contribution in [1.29, 1.82) is 0 Å². The minimum Gasteiger partial charge on any atom is -0.277 e. The zero-order chi connectivity index (χ0) is 14.1. The number of aromatic amines is 1. The molecule has 100 valence electrons. The Morgan fingerprint density at radius 2 is 1.48 bits per heavy atom. The number of aromatic nitrogens is 2. The molecule has 1 heterocycles. The van der Waals surface area contributed by atoms with Crippen LogP contribution in [0.4, 0.5) is 0 Å². The average molecular weight is 270 g/mol. The van der Waals surface area contributed by atoms with Crippen LogP contribution in [0.15, 0.2) is 78.9 Å². The average Bonchev–Trinajstić information content (AvgIpc) is 3.05. The van der Waals surface area contributed by atoms with Crippen LogP contribution in [0, 0.1) is 0 Å². The van der Waals surface area contributed by atoms with Crippen molar-refractivity contribution in [2.24, 2.45) is 0 Å². The number of nitrogens with zero attached hydrogens (tertiary/aromatic N) is 1. The lowest BCUT2D eigenvalue weighted by Gasteiger charge is -2.03. The first kappa shape index (κ1) is 11.9. The van der Waals surface area contributed by atoms with E-state index in [9.17, 15) is 0 Å². The van der Waals surface area contributed by atoms with Gasteiger partial charge in [0.25, 0.3) is 0 Å². The van der Waals surface area contributed by atoms with Gasteiger partial charge in [-0.2, -0.15) is 5.10 Å². The lowest BCUT2D eigenvalue weighted by Crippen LogP contribution is -1.80. The van der Waals surface area contributed by atoms with Crippen LogP contribution in [0.3, 0.4) is 0 Å². The molecular formula is C19H14N2. The second-order valence-electron chi connectivity index (χ2n) is 5.06. The van der Waals surface area contributed by atoms with Crippen molar-refractivity contribution in [1.82, 2.24) is 10.2 Å². The second kappa shape index (κ2) is 4.91. The molecule has 1 aromatic heterocycles. The molecule has 0 fully saturated rings. The van der Waals surface area contributed by atoms with Crippen molar-refractivity contribution in [3.63, 3.8) is 0 Å². The molecule has 3 aromatic carbocycles. The fraction of sp³-hybridized carbons (Fsp3) is 0. The van der Waals surface area contributed by atoms with Crippen molar-refractivity contribution in [2.75, 3.05) is 0 Å². The Hall–Kier alpha value is -2.87. The molecule has 2 heteroatoms. The Morgan fingerprint density at radius 1 is 0.714 bits per heavy atom. The van der Waals surface area contributed by atoms with Gasteiger partial charge in [-0.1, -0.05) is 72.8 Å². The molecule has 0 atom stereocenters. The smallest absolute Gasteiger partial charge is 0.0927 e. The molecule has 21 heavy (non-hydrogen) atoms. The molecule has 0 radical (unpaired) electrons. The highest BCUT2D eigenvalue weighted by atomic mass is 15.1. The maximum absolute atomic E-state index is 4.44. The molecule has 0 aliphatic rings. The monoisotopic (exact) mass is 270 g/mol. The zero-order valence-electron chi connectivity index (χ0n) is 11.5. The van der Waals surface area contributed by atoms with Gasteiger partial charge in [0.05, 0.1) is 11.4 Å². The van der Waals surface area contributed by atoms with E-state index in [1.807, 2.05) is 18.2 Å². The summed E-state index contributed by atoms with van der Waals surface area (Å²) < 4.78 is 0. The van der Waals surface area contributed by atoms with Gasteiger partial charge in [-0.05, 0) is 16.8 Å². The van der Waals surface area contributed by atoms with E-state index < -0.39 is 0 Å². The first-order valence-corrected chi connectivity index (χ1v) is 7.01. The van der Waals surface area contributed by atoms with Crippen molar-refractivity contribution in [3.8, 4) is 22.5 Å². The lowest BCUT2D eigenvalue weighted by atomic mass is 10.0. The van der Waals surface area contributed by atoms with Crippen LogP contribution < -0.4 is 0 Å². The number of benzene rings is 3. The maximum atomic E-state index is 4.44. The van der Waals surface area contributed by atoms with Gasteiger partial charge in [-0.3, -0.25) is 5.10 Å². The molecule has 0 unspecified atom stereocenters. The minimum atomic E-state index is 0.971. The number of nitrogens with one attached hydrogen (secondary N) is 1. The largest absolute Gasteiger partial charge is 0.277 e. The molecule has 0 saturated heterocycles. The maximum Gasteiger partial charge on any atom is 0.0927 e. The topological polar surface area (TPSA) is 28.7 Å². The van der Waals surface area contributed by atoms with Gasteiger partial charge < -0.3 is 0 Å². The molecule has 0 aliphatic heterocycles. The van der Waals surface area contributed by atoms with E-state index in [0.29, 0.717) is 0 Å². The van der Waals surface area contributed by atoms with Crippen molar-refractivity contribution < 1.29 is 0 Å². The third-order valence-corrected chi connectivity index (χ3v) is 3.73. The van der Waals surface area contributed by atoms with Crippen LogP contribution in [0.2, 0.25) is 0 Å². The van der Waals surface area contributed by atoms with E-state index >= 15 is 0 Å². The Balaban J connectivity index is 1.85. The van der Waals surface area contributed by atoms with E-state index in [-0.39, 0.29) is 0 Å². The van der Waals surface area contributed by atoms with Crippen molar-refractivity contribution in [3.05, 3.63) is 78.9 Å². The van der Waals surface area contributed by atoms with Gasteiger partial charge in [0.15, 0.2) is 0 Å². The standard InChI is InChI=1S/C19H14N2/c1-2-8-15(9-3-1)18-13-19(21-20-18)17-12-6-10-14-7-4-5-11-16(14)17/h1-13H,(H,20,21). The van der Waals surface area contributed by atoms with Crippen LogP contribution in [-0.4, -0.2) is 10.2 Å². The number of rotatable bonds is 2. The van der Waals surface area contributed by atoms with Gasteiger partial charge >= 0.3 is 0 Å². The van der Waals surface area contributed by atoms with Gasteiger partial charge in [0, 0.05) is 11.1 Å². The summed E-state index contributed by atoms with van der Waals surface area (Å²) in [5, 5.41) is 10.1. The van der Waals surface area contributed by atoms with Crippen LogP contribution in [0.25, 0.3) is 33.3 Å². The van der Waals surface area contributed by atoms with Gasteiger partial charge in [-0.25, -0.2) is 0 Å². The highest BCUT2D eigenvalue weighted by Gasteiger charge is 2.08. The first-order valence-electron chi connectivity index (χ1n) is 7.01. The van der Waals surface area contributed by atoms with Gasteiger partial charge in [-0.15, -0.1) is 0 Å². The minimum absolute atomic E-state index is 0.971. The summed E-state index contributed by atoms with van der Waals surface area (Å²) in [5.74, 6) is 0. The number of hydrogen-bond acceptors (Lipinski definition) is 1. The Kier molecular flexibility index (Phi) is 2.79. The second-order valence-corrected chi connectivity index (χ2v) is 5.06. The fourth-order valence-electron chi connectivity index (χ4n) is 2.68. The summed E-state index contributed by atoms with van der Waals surface area (Å²) in [6.07, 6.45) is 0. The molecular weight excluding hydrogens is 256 g/mol. The predicted molar refractivity (Wildman–Crippen MR) is 87.0 cm³/mol. The fourth-order valence-corrected chi connectivity index (χ4v) is 2.68. The Bertz CT molecular complexity index is 886. The van der Waals surface area contributed by atoms with E-state index in [1.165, 1.54) is 16.3 Å². The quantitative estimate of drug-likeness (QED) is 0.551. The van der Waals surface area contributed by atoms with Crippen molar-refractivity contribution in [2.45, 2.75) is 0 Å². The SMILES string of the molecule is c1ccc(-c2cc(-c3cccc4ccccc34)[nH]n2)cc1. The molecule has 4 rings (SSSR count). The highest BCUT2D eigenvalue weighted by molar-refractivity contribution is 5.96. The summed E-state index contributed by atoms with van der Waals surface area (Å²) >= 11 is 0. The molecule has 2 nitrogen and oxygen atoms in total. The third kappa shape index (κ3) is 2.11. The molecule has 0 bridgehead atoms. The van der Waals surface area contributed by atoms with Crippen LogP contribution >= 0.6 is 0 Å². The van der Waals surface area contributed by atoms with E-state index in [1.54, 1.807) is 0 Å². The van der Waals surface area contributed by atoms with Crippen molar-refractivity contribution >= 4 is 10.8 Å². The number of fused-ring (bicyclic) bond motifs is 1. The van der Waals surface area contributed by atoms with Crippen LogP contribution in [0.1, 0.15) is 0 Å². The van der Waals surface area contributed by atoms with E-state index in [0.717, 1.165) is 17.0 Å². The Morgan fingerprint density at radius 3 is 2.38 bits per heavy atom. The Labute approximate surface area is 123 Å². The molecule has 0 aliphatic carbocycles. The van der Waals surface area contributed by atoms with Crippen LogP contribution in [-0.2, 0) is 0 Å².